The predicted molar refractivity (Wildman–Crippen MR) is 69.3 cm³/mol. The highest BCUT2D eigenvalue weighted by Crippen LogP contribution is 2.21. The first-order chi connectivity index (χ1) is 9.22. The Bertz CT molecular complexity index is 433. The lowest BCUT2D eigenvalue weighted by atomic mass is 10.0. The second-order valence-electron chi connectivity index (χ2n) is 4.36. The first kappa shape index (κ1) is 13.9. The number of rotatable bonds is 4. The van der Waals surface area contributed by atoms with Crippen molar-refractivity contribution in [1.82, 2.24) is 15.4 Å². The van der Waals surface area contributed by atoms with Crippen LogP contribution in [-0.4, -0.2) is 49.8 Å². The highest BCUT2D eigenvalue weighted by atomic mass is 16.7. The molecule has 1 fully saturated rings. The molecule has 0 aromatic carbocycles. The van der Waals surface area contributed by atoms with Crippen molar-refractivity contribution in [3.63, 3.8) is 0 Å². The number of hydroxylamine groups is 2. The Morgan fingerprint density at radius 3 is 3.21 bits per heavy atom. The summed E-state index contributed by atoms with van der Waals surface area (Å²) in [6, 6.07) is 3.73. The van der Waals surface area contributed by atoms with Gasteiger partial charge in [-0.2, -0.15) is 0 Å². The van der Waals surface area contributed by atoms with E-state index >= 15 is 0 Å². The van der Waals surface area contributed by atoms with Crippen molar-refractivity contribution in [2.24, 2.45) is 0 Å². The Morgan fingerprint density at radius 2 is 2.53 bits per heavy atom. The van der Waals surface area contributed by atoms with Crippen molar-refractivity contribution >= 4 is 5.91 Å². The van der Waals surface area contributed by atoms with Gasteiger partial charge in [0, 0.05) is 26.3 Å². The summed E-state index contributed by atoms with van der Waals surface area (Å²) in [5.74, 6) is -0.111. The third-order valence-corrected chi connectivity index (χ3v) is 3.13. The van der Waals surface area contributed by atoms with E-state index in [4.69, 9.17) is 9.57 Å². The number of hydrogen-bond acceptors (Lipinski definition) is 5. The molecule has 6 nitrogen and oxygen atoms in total. The van der Waals surface area contributed by atoms with Gasteiger partial charge in [-0.05, 0) is 11.6 Å². The minimum absolute atomic E-state index is 0.0920. The molecule has 1 aromatic heterocycles. The first-order valence-corrected chi connectivity index (χ1v) is 6.29. The largest absolute Gasteiger partial charge is 0.369 e. The molecule has 1 aliphatic rings. The molecule has 0 saturated carbocycles. The Morgan fingerprint density at radius 1 is 1.68 bits per heavy atom. The number of nitrogens with zero attached hydrogens (tertiary/aromatic N) is 2. The second-order valence-corrected chi connectivity index (χ2v) is 4.36. The molecule has 1 N–H and O–H groups in total. The number of amides is 1. The minimum atomic E-state index is -0.111. The number of nitrogens with one attached hydrogen (secondary N) is 1. The smallest absolute Gasteiger partial charge is 0.250 e. The summed E-state index contributed by atoms with van der Waals surface area (Å²) in [5.41, 5.74) is 1.71. The molecule has 2 heterocycles. The van der Waals surface area contributed by atoms with Gasteiger partial charge in [-0.25, -0.2) is 5.06 Å². The normalized spacial score (nSPS) is 19.2. The molecule has 1 atom stereocenters. The third kappa shape index (κ3) is 3.50. The highest BCUT2D eigenvalue weighted by Gasteiger charge is 2.21. The summed E-state index contributed by atoms with van der Waals surface area (Å²) >= 11 is 0. The van der Waals surface area contributed by atoms with E-state index in [9.17, 15) is 4.79 Å². The quantitative estimate of drug-likeness (QED) is 0.794. The van der Waals surface area contributed by atoms with E-state index in [0.29, 0.717) is 6.61 Å². The van der Waals surface area contributed by atoms with Crippen LogP contribution in [-0.2, 0) is 20.8 Å². The van der Waals surface area contributed by atoms with Gasteiger partial charge in [0.15, 0.2) is 0 Å². The van der Waals surface area contributed by atoms with Crippen LogP contribution in [0.15, 0.2) is 18.3 Å². The minimum Gasteiger partial charge on any atom is -0.369 e. The highest BCUT2D eigenvalue weighted by molar-refractivity contribution is 5.77. The molecule has 0 aliphatic carbocycles. The number of aromatic nitrogens is 1. The topological polar surface area (TPSA) is 63.7 Å². The fourth-order valence-corrected chi connectivity index (χ4v) is 2.01. The third-order valence-electron chi connectivity index (χ3n) is 3.13. The Labute approximate surface area is 112 Å². The molecule has 1 amide bonds. The van der Waals surface area contributed by atoms with Crippen LogP contribution in [0.25, 0.3) is 0 Å². The van der Waals surface area contributed by atoms with Crippen LogP contribution in [0, 0.1) is 0 Å². The van der Waals surface area contributed by atoms with Crippen LogP contribution >= 0.6 is 0 Å². The van der Waals surface area contributed by atoms with E-state index in [1.807, 2.05) is 12.1 Å². The number of morpholine rings is 1. The maximum Gasteiger partial charge on any atom is 0.250 e. The number of carbonyl (C=O) groups is 1. The summed E-state index contributed by atoms with van der Waals surface area (Å²) < 4.78 is 5.69. The van der Waals surface area contributed by atoms with E-state index in [-0.39, 0.29) is 18.4 Å². The summed E-state index contributed by atoms with van der Waals surface area (Å²) in [5, 5.41) is 4.48. The van der Waals surface area contributed by atoms with Crippen LogP contribution in [0.1, 0.15) is 17.4 Å². The van der Waals surface area contributed by atoms with Crippen LogP contribution < -0.4 is 5.32 Å². The summed E-state index contributed by atoms with van der Waals surface area (Å²) in [7, 11) is 3.06. The molecule has 6 heteroatoms. The maximum absolute atomic E-state index is 11.9. The van der Waals surface area contributed by atoms with Crippen LogP contribution in [0.3, 0.4) is 0 Å². The average molecular weight is 265 g/mol. The van der Waals surface area contributed by atoms with Gasteiger partial charge >= 0.3 is 0 Å². The van der Waals surface area contributed by atoms with Crippen molar-refractivity contribution in [3.8, 4) is 0 Å². The second kappa shape index (κ2) is 6.60. The zero-order valence-corrected chi connectivity index (χ0v) is 11.3. The maximum atomic E-state index is 11.9. The van der Waals surface area contributed by atoms with E-state index in [1.54, 1.807) is 13.2 Å². The molecule has 19 heavy (non-hydrogen) atoms. The summed E-state index contributed by atoms with van der Waals surface area (Å²) in [4.78, 5) is 21.1. The zero-order valence-electron chi connectivity index (χ0n) is 11.3. The van der Waals surface area contributed by atoms with Crippen LogP contribution in [0.5, 0.6) is 0 Å². The molecule has 2 rings (SSSR count). The Kier molecular flexibility index (Phi) is 4.84. The molecule has 0 bridgehead atoms. The molecular formula is C13H19N3O3. The first-order valence-electron chi connectivity index (χ1n) is 6.29. The Balaban J connectivity index is 2.13. The van der Waals surface area contributed by atoms with Gasteiger partial charge < -0.3 is 10.1 Å². The van der Waals surface area contributed by atoms with Gasteiger partial charge in [0.05, 0.1) is 25.8 Å². The number of pyridine rings is 1. The van der Waals surface area contributed by atoms with E-state index in [2.05, 4.69) is 10.3 Å². The molecule has 1 aromatic rings. The molecule has 104 valence electrons. The zero-order chi connectivity index (χ0) is 13.7. The average Bonchev–Trinajstić information content (AvgIpc) is 2.47. The molecule has 1 saturated heterocycles. The van der Waals surface area contributed by atoms with E-state index < -0.39 is 0 Å². The van der Waals surface area contributed by atoms with Crippen LogP contribution in [0.2, 0.25) is 0 Å². The van der Waals surface area contributed by atoms with Gasteiger partial charge in [-0.15, -0.1) is 0 Å². The molecule has 0 spiro atoms. The van der Waals surface area contributed by atoms with Gasteiger partial charge in [0.1, 0.15) is 6.10 Å². The number of likely N-dealkylation sites (N-methyl/N-ethyl adjacent to an activating group) is 1. The molecule has 0 radical (unpaired) electrons. The SMILES string of the molecule is CON(C)C(=O)Cc1cccnc1C1CNCCO1. The summed E-state index contributed by atoms with van der Waals surface area (Å²) in [6.45, 7) is 2.23. The van der Waals surface area contributed by atoms with Gasteiger partial charge in [-0.1, -0.05) is 6.07 Å². The van der Waals surface area contributed by atoms with E-state index in [1.165, 1.54) is 12.2 Å². The van der Waals surface area contributed by atoms with E-state index in [0.717, 1.165) is 24.3 Å². The Hall–Kier alpha value is -1.50. The fourth-order valence-electron chi connectivity index (χ4n) is 2.01. The molecular weight excluding hydrogens is 246 g/mol. The standard InChI is InChI=1S/C13H19N3O3/c1-16(18-2)12(17)8-10-4-3-5-15-13(10)11-9-14-6-7-19-11/h3-5,11,14H,6-9H2,1-2H3. The van der Waals surface area contributed by atoms with Gasteiger partial charge in [0.25, 0.3) is 0 Å². The lowest BCUT2D eigenvalue weighted by molar-refractivity contribution is -0.167. The lowest BCUT2D eigenvalue weighted by Crippen LogP contribution is -2.34. The predicted octanol–water partition coefficient (Wildman–Crippen LogP) is 0.305. The lowest BCUT2D eigenvalue weighted by Gasteiger charge is -2.25. The number of hydrogen-bond donors (Lipinski definition) is 1. The number of carbonyl (C=O) groups excluding carboxylic acids is 1. The summed E-state index contributed by atoms with van der Waals surface area (Å²) in [6.07, 6.45) is 1.89. The van der Waals surface area contributed by atoms with Gasteiger partial charge in [0.2, 0.25) is 5.91 Å². The van der Waals surface area contributed by atoms with Crippen molar-refractivity contribution in [2.45, 2.75) is 12.5 Å². The molecule has 1 unspecified atom stereocenters. The van der Waals surface area contributed by atoms with Crippen molar-refractivity contribution in [1.29, 1.82) is 0 Å². The van der Waals surface area contributed by atoms with Crippen molar-refractivity contribution in [2.75, 3.05) is 33.9 Å². The van der Waals surface area contributed by atoms with Gasteiger partial charge in [-0.3, -0.25) is 14.6 Å². The van der Waals surface area contributed by atoms with Crippen molar-refractivity contribution < 1.29 is 14.4 Å². The molecule has 1 aliphatic heterocycles. The fraction of sp³-hybridized carbons (Fsp3) is 0.538. The van der Waals surface area contributed by atoms with Crippen LogP contribution in [0.4, 0.5) is 0 Å². The number of ether oxygens (including phenoxy) is 1. The monoisotopic (exact) mass is 265 g/mol. The van der Waals surface area contributed by atoms with Crippen molar-refractivity contribution in [3.05, 3.63) is 29.6 Å².